The fraction of sp³-hybridized carbons (Fsp3) is 0.0435. The molecule has 134 valence electrons. The zero-order chi connectivity index (χ0) is 18.9. The summed E-state index contributed by atoms with van der Waals surface area (Å²) < 4.78 is 0. The van der Waals surface area contributed by atoms with Gasteiger partial charge >= 0.3 is 0 Å². The molecule has 0 saturated heterocycles. The molecule has 3 aromatic heterocycles. The van der Waals surface area contributed by atoms with E-state index in [1.54, 1.807) is 29.9 Å². The standard InChI is InChI=1S/C23H16N4S/c1-15-21(20-10-13-25-22(27-20)17-8-11-24-12-9-17)28-23(26-15)19-7-6-16-4-2-3-5-18(16)14-19/h2-14H,1H3. The SMILES string of the molecule is Cc1nc(-c2ccc3ccccc3c2)sc1-c1ccnc(-c2ccncc2)n1. The van der Waals surface area contributed by atoms with E-state index in [0.29, 0.717) is 5.82 Å². The van der Waals surface area contributed by atoms with E-state index in [9.17, 15) is 0 Å². The van der Waals surface area contributed by atoms with Crippen LogP contribution in [-0.2, 0) is 0 Å². The van der Waals surface area contributed by atoms with E-state index in [1.807, 2.05) is 25.1 Å². The molecule has 0 aliphatic heterocycles. The van der Waals surface area contributed by atoms with Crippen LogP contribution in [0.3, 0.4) is 0 Å². The quantitative estimate of drug-likeness (QED) is 0.397. The molecule has 5 rings (SSSR count). The van der Waals surface area contributed by atoms with Crippen LogP contribution in [0, 0.1) is 6.92 Å². The van der Waals surface area contributed by atoms with Crippen molar-refractivity contribution in [2.24, 2.45) is 0 Å². The molecule has 28 heavy (non-hydrogen) atoms. The summed E-state index contributed by atoms with van der Waals surface area (Å²) in [5, 5.41) is 3.45. The van der Waals surface area contributed by atoms with Crippen LogP contribution >= 0.6 is 11.3 Å². The van der Waals surface area contributed by atoms with Crippen LogP contribution in [0.4, 0.5) is 0 Å². The Balaban J connectivity index is 1.56. The normalized spacial score (nSPS) is 11.0. The monoisotopic (exact) mass is 380 g/mol. The molecule has 0 N–H and O–H groups in total. The number of nitrogens with zero attached hydrogens (tertiary/aromatic N) is 4. The lowest BCUT2D eigenvalue weighted by Gasteiger charge is -2.02. The van der Waals surface area contributed by atoms with Crippen molar-refractivity contribution in [3.8, 4) is 32.5 Å². The molecule has 5 heteroatoms. The Morgan fingerprint density at radius 2 is 1.57 bits per heavy atom. The third-order valence-corrected chi connectivity index (χ3v) is 5.85. The van der Waals surface area contributed by atoms with Crippen LogP contribution < -0.4 is 0 Å². The van der Waals surface area contributed by atoms with Gasteiger partial charge in [0, 0.05) is 29.7 Å². The second-order valence-electron chi connectivity index (χ2n) is 6.50. The highest BCUT2D eigenvalue weighted by molar-refractivity contribution is 7.18. The molecule has 0 aliphatic carbocycles. The van der Waals surface area contributed by atoms with Gasteiger partial charge in [0.1, 0.15) is 5.01 Å². The minimum Gasteiger partial charge on any atom is -0.265 e. The fourth-order valence-corrected chi connectivity index (χ4v) is 4.24. The lowest BCUT2D eigenvalue weighted by molar-refractivity contribution is 1.17. The Labute approximate surface area is 166 Å². The van der Waals surface area contributed by atoms with Crippen LogP contribution in [0.15, 0.2) is 79.3 Å². The average Bonchev–Trinajstić information content (AvgIpc) is 3.16. The number of aromatic nitrogens is 4. The largest absolute Gasteiger partial charge is 0.265 e. The number of pyridine rings is 1. The van der Waals surface area contributed by atoms with Gasteiger partial charge in [0.15, 0.2) is 5.82 Å². The topological polar surface area (TPSA) is 51.6 Å². The van der Waals surface area contributed by atoms with Crippen molar-refractivity contribution in [3.05, 3.63) is 84.9 Å². The van der Waals surface area contributed by atoms with E-state index in [0.717, 1.165) is 32.4 Å². The minimum atomic E-state index is 0.694. The molecule has 0 unspecified atom stereocenters. The predicted molar refractivity (Wildman–Crippen MR) is 114 cm³/mol. The first kappa shape index (κ1) is 16.7. The van der Waals surface area contributed by atoms with E-state index in [2.05, 4.69) is 52.4 Å². The molecule has 5 aromatic rings. The maximum Gasteiger partial charge on any atom is 0.159 e. The predicted octanol–water partition coefficient (Wildman–Crippen LogP) is 5.79. The Morgan fingerprint density at radius 3 is 2.43 bits per heavy atom. The van der Waals surface area contributed by atoms with Crippen LogP contribution in [0.25, 0.3) is 43.3 Å². The van der Waals surface area contributed by atoms with Gasteiger partial charge in [0.25, 0.3) is 0 Å². The molecule has 0 spiro atoms. The van der Waals surface area contributed by atoms with Gasteiger partial charge in [0.2, 0.25) is 0 Å². The Hall–Kier alpha value is -3.44. The van der Waals surface area contributed by atoms with E-state index in [1.165, 1.54) is 10.8 Å². The summed E-state index contributed by atoms with van der Waals surface area (Å²) in [7, 11) is 0. The molecule has 0 fully saturated rings. The van der Waals surface area contributed by atoms with Crippen LogP contribution in [0.5, 0.6) is 0 Å². The molecule has 0 radical (unpaired) electrons. The van der Waals surface area contributed by atoms with Gasteiger partial charge in [0.05, 0.1) is 16.3 Å². The minimum absolute atomic E-state index is 0.694. The second-order valence-corrected chi connectivity index (χ2v) is 7.50. The molecular formula is C23H16N4S. The first-order valence-electron chi connectivity index (χ1n) is 8.98. The van der Waals surface area contributed by atoms with Gasteiger partial charge in [-0.25, -0.2) is 15.0 Å². The molecule has 0 saturated carbocycles. The highest BCUT2D eigenvalue weighted by Crippen LogP contribution is 2.35. The fourth-order valence-electron chi connectivity index (χ4n) is 3.21. The van der Waals surface area contributed by atoms with Crippen LogP contribution in [0.2, 0.25) is 0 Å². The van der Waals surface area contributed by atoms with Crippen LogP contribution in [-0.4, -0.2) is 19.9 Å². The third-order valence-electron chi connectivity index (χ3n) is 4.62. The highest BCUT2D eigenvalue weighted by atomic mass is 32.1. The van der Waals surface area contributed by atoms with E-state index >= 15 is 0 Å². The molecule has 0 bridgehead atoms. The Kier molecular flexibility index (Phi) is 4.14. The molecule has 0 amide bonds. The summed E-state index contributed by atoms with van der Waals surface area (Å²) in [5.74, 6) is 0.694. The Morgan fingerprint density at radius 1 is 0.750 bits per heavy atom. The summed E-state index contributed by atoms with van der Waals surface area (Å²) in [6, 6.07) is 20.6. The molecule has 4 nitrogen and oxygen atoms in total. The Bertz CT molecular complexity index is 1280. The summed E-state index contributed by atoms with van der Waals surface area (Å²) >= 11 is 1.66. The first-order valence-corrected chi connectivity index (χ1v) is 9.80. The van der Waals surface area contributed by atoms with E-state index in [-0.39, 0.29) is 0 Å². The summed E-state index contributed by atoms with van der Waals surface area (Å²) in [4.78, 5) is 19.1. The smallest absolute Gasteiger partial charge is 0.159 e. The number of thiazole rings is 1. The van der Waals surface area contributed by atoms with Gasteiger partial charge in [-0.05, 0) is 42.0 Å². The number of fused-ring (bicyclic) bond motifs is 1. The molecule has 0 aliphatic rings. The zero-order valence-electron chi connectivity index (χ0n) is 15.2. The zero-order valence-corrected chi connectivity index (χ0v) is 16.0. The summed E-state index contributed by atoms with van der Waals surface area (Å²) in [6.45, 7) is 2.03. The van der Waals surface area contributed by atoms with Crippen molar-refractivity contribution < 1.29 is 0 Å². The van der Waals surface area contributed by atoms with Gasteiger partial charge in [-0.1, -0.05) is 36.4 Å². The third kappa shape index (κ3) is 3.06. The van der Waals surface area contributed by atoms with Gasteiger partial charge in [-0.15, -0.1) is 11.3 Å². The van der Waals surface area contributed by atoms with Gasteiger partial charge < -0.3 is 0 Å². The number of hydrogen-bond donors (Lipinski definition) is 0. The van der Waals surface area contributed by atoms with Crippen molar-refractivity contribution in [3.63, 3.8) is 0 Å². The lowest BCUT2D eigenvalue weighted by Crippen LogP contribution is -1.91. The summed E-state index contributed by atoms with van der Waals surface area (Å²) in [5.41, 5.74) is 3.95. The van der Waals surface area contributed by atoms with E-state index in [4.69, 9.17) is 9.97 Å². The highest BCUT2D eigenvalue weighted by Gasteiger charge is 2.14. The van der Waals surface area contributed by atoms with E-state index < -0.39 is 0 Å². The molecule has 3 heterocycles. The van der Waals surface area contributed by atoms with Crippen molar-refractivity contribution in [2.45, 2.75) is 6.92 Å². The maximum atomic E-state index is 4.81. The van der Waals surface area contributed by atoms with Crippen molar-refractivity contribution >= 4 is 22.1 Å². The van der Waals surface area contributed by atoms with Gasteiger partial charge in [-0.2, -0.15) is 0 Å². The lowest BCUT2D eigenvalue weighted by atomic mass is 10.1. The second kappa shape index (κ2) is 6.94. The average molecular weight is 380 g/mol. The van der Waals surface area contributed by atoms with Crippen molar-refractivity contribution in [1.29, 1.82) is 0 Å². The molecule has 0 atom stereocenters. The molecular weight excluding hydrogens is 364 g/mol. The number of benzene rings is 2. The number of rotatable bonds is 3. The van der Waals surface area contributed by atoms with Crippen molar-refractivity contribution in [2.75, 3.05) is 0 Å². The molecule has 2 aromatic carbocycles. The first-order chi connectivity index (χ1) is 13.8. The number of hydrogen-bond acceptors (Lipinski definition) is 5. The van der Waals surface area contributed by atoms with Crippen molar-refractivity contribution in [1.82, 2.24) is 19.9 Å². The van der Waals surface area contributed by atoms with Crippen LogP contribution in [0.1, 0.15) is 5.69 Å². The number of aryl methyl sites for hydroxylation is 1. The summed E-state index contributed by atoms with van der Waals surface area (Å²) in [6.07, 6.45) is 5.30. The maximum absolute atomic E-state index is 4.81. The van der Waals surface area contributed by atoms with Gasteiger partial charge in [-0.3, -0.25) is 4.98 Å².